The van der Waals surface area contributed by atoms with Crippen molar-refractivity contribution in [3.8, 4) is 28.2 Å². The quantitative estimate of drug-likeness (QED) is 0.0172. The molecule has 1 fully saturated rings. The molecule has 3 aromatic carbocycles. The van der Waals surface area contributed by atoms with E-state index in [2.05, 4.69) is 16.0 Å². The Morgan fingerprint density at radius 2 is 1.33 bits per heavy atom. The SMILES string of the molecule is O=C(O)CC[C@H](NC(=O)N[C@@H](CCC(=O)NCCOCCOCCC(=O)N[C@@H](Cc1ccccc1)C(=O)N[C@@H](CSC1CC(=O)N(c2ccc(-c3c4cc(F)c(=O)cc-4oc4cc(O)c(F)cc34)c(C(=O)O)c2)C1=O)C(=O)O)C(=O)O)C(=O)O. The third-order valence-electron chi connectivity index (χ3n) is 12.6. The van der Waals surface area contributed by atoms with Crippen molar-refractivity contribution in [3.63, 3.8) is 0 Å². The van der Waals surface area contributed by atoms with Gasteiger partial charge in [0.25, 0.3) is 0 Å². The number of phenols is 1. The van der Waals surface area contributed by atoms with Gasteiger partial charge in [0, 0.05) is 73.0 Å². The van der Waals surface area contributed by atoms with Crippen LogP contribution in [0.3, 0.4) is 0 Å². The summed E-state index contributed by atoms with van der Waals surface area (Å²) in [5.74, 6) is -15.3. The third kappa shape index (κ3) is 17.2. The summed E-state index contributed by atoms with van der Waals surface area (Å²) in [6.45, 7) is -0.202. The van der Waals surface area contributed by atoms with E-state index >= 15 is 0 Å². The van der Waals surface area contributed by atoms with Gasteiger partial charge < -0.3 is 71.1 Å². The van der Waals surface area contributed by atoms with E-state index in [1.54, 1.807) is 30.3 Å². The number of carbonyl (C=O) groups excluding carboxylic acids is 6. The molecule has 3 aliphatic rings. The lowest BCUT2D eigenvalue weighted by Crippen LogP contribution is -2.53. The number of nitrogens with zero attached hydrogens (tertiary/aromatic N) is 1. The first-order chi connectivity index (χ1) is 39.9. The fourth-order valence-electron chi connectivity index (χ4n) is 8.50. The second-order valence-corrected chi connectivity index (χ2v) is 19.8. The van der Waals surface area contributed by atoms with Gasteiger partial charge in [-0.25, -0.2) is 37.7 Å². The molecule has 0 aromatic heterocycles. The molecule has 0 saturated carbocycles. The molecule has 446 valence electrons. The van der Waals surface area contributed by atoms with Gasteiger partial charge in [-0.2, -0.15) is 0 Å². The van der Waals surface area contributed by atoms with Crippen molar-refractivity contribution >= 4 is 93.8 Å². The highest BCUT2D eigenvalue weighted by molar-refractivity contribution is 8.00. The molecule has 6 rings (SSSR count). The number of ether oxygens (including phenoxy) is 2. The molecule has 5 atom stereocenters. The second kappa shape index (κ2) is 29.4. The summed E-state index contributed by atoms with van der Waals surface area (Å²) in [5.41, 5.74) is -1.97. The summed E-state index contributed by atoms with van der Waals surface area (Å²) in [4.78, 5) is 151. The number of aromatic carboxylic acids is 1. The summed E-state index contributed by atoms with van der Waals surface area (Å²) in [6.07, 6.45) is -2.61. The summed E-state index contributed by atoms with van der Waals surface area (Å²) < 4.78 is 46.0. The van der Waals surface area contributed by atoms with E-state index in [-0.39, 0.29) is 97.8 Å². The van der Waals surface area contributed by atoms with Crippen LogP contribution in [-0.2, 0) is 59.0 Å². The van der Waals surface area contributed by atoms with E-state index < -0.39 is 148 Å². The normalized spacial score (nSPS) is 14.5. The predicted molar refractivity (Wildman–Crippen MR) is 288 cm³/mol. The number of carboxylic acid groups (broad SMARTS) is 5. The Balaban J connectivity index is 0.980. The molecule has 30 heteroatoms. The van der Waals surface area contributed by atoms with Crippen LogP contribution in [0.5, 0.6) is 5.75 Å². The van der Waals surface area contributed by atoms with Gasteiger partial charge in [-0.3, -0.25) is 33.6 Å². The fourth-order valence-corrected chi connectivity index (χ4v) is 9.66. The Morgan fingerprint density at radius 1 is 0.679 bits per heavy atom. The number of rotatable bonds is 31. The molecule has 1 aliphatic carbocycles. The zero-order valence-electron chi connectivity index (χ0n) is 43.9. The van der Waals surface area contributed by atoms with Gasteiger partial charge in [-0.1, -0.05) is 36.4 Å². The Bertz CT molecular complexity index is 3380. The van der Waals surface area contributed by atoms with Crippen LogP contribution in [0.25, 0.3) is 33.4 Å². The number of urea groups is 1. The van der Waals surface area contributed by atoms with Gasteiger partial charge in [0.1, 0.15) is 35.5 Å². The van der Waals surface area contributed by atoms with Crippen molar-refractivity contribution in [2.24, 2.45) is 0 Å². The molecule has 11 N–H and O–H groups in total. The van der Waals surface area contributed by atoms with E-state index in [1.807, 2.05) is 10.6 Å². The summed E-state index contributed by atoms with van der Waals surface area (Å²) in [6, 6.07) is 7.60. The van der Waals surface area contributed by atoms with Crippen molar-refractivity contribution < 1.29 is 106 Å². The first kappa shape index (κ1) is 63.6. The van der Waals surface area contributed by atoms with Crippen LogP contribution in [0.15, 0.2) is 82.0 Å². The first-order valence-corrected chi connectivity index (χ1v) is 26.4. The zero-order valence-corrected chi connectivity index (χ0v) is 44.7. The number of hydrogen-bond acceptors (Lipinski definition) is 17. The Labute approximate surface area is 477 Å². The lowest BCUT2D eigenvalue weighted by Gasteiger charge is -2.22. The largest absolute Gasteiger partial charge is 0.505 e. The number of aliphatic carboxylic acids is 4. The average Bonchev–Trinajstić information content (AvgIpc) is 2.13. The number of carboxylic acids is 5. The highest BCUT2D eigenvalue weighted by Crippen LogP contribution is 2.44. The van der Waals surface area contributed by atoms with Gasteiger partial charge in [0.2, 0.25) is 35.0 Å². The number of amides is 7. The number of imide groups is 1. The average molecular weight is 1190 g/mol. The predicted octanol–water partition coefficient (Wildman–Crippen LogP) is 2.30. The maximum Gasteiger partial charge on any atom is 0.336 e. The summed E-state index contributed by atoms with van der Waals surface area (Å²) in [5, 5.41) is 68.1. The van der Waals surface area contributed by atoms with Crippen LogP contribution in [-0.4, -0.2) is 164 Å². The number of halogens is 2. The number of fused-ring (bicyclic) bond motifs is 2. The van der Waals surface area contributed by atoms with Gasteiger partial charge in [0.05, 0.1) is 42.9 Å². The van der Waals surface area contributed by atoms with Gasteiger partial charge in [-0.15, -0.1) is 11.8 Å². The Kier molecular flexibility index (Phi) is 22.3. The van der Waals surface area contributed by atoms with Crippen LogP contribution in [0, 0.1) is 11.6 Å². The fraction of sp³-hybridized carbons (Fsp3) is 0.333. The van der Waals surface area contributed by atoms with Crippen LogP contribution >= 0.6 is 11.8 Å². The molecule has 0 spiro atoms. The highest BCUT2D eigenvalue weighted by Gasteiger charge is 2.41. The smallest absolute Gasteiger partial charge is 0.336 e. The van der Waals surface area contributed by atoms with E-state index in [4.69, 9.17) is 19.0 Å². The summed E-state index contributed by atoms with van der Waals surface area (Å²) >= 11 is 0.713. The third-order valence-corrected chi connectivity index (χ3v) is 13.9. The molecule has 7 amide bonds. The molecule has 27 nitrogen and oxygen atoms in total. The van der Waals surface area contributed by atoms with Crippen molar-refractivity contribution in [2.75, 3.05) is 43.6 Å². The maximum absolute atomic E-state index is 14.8. The van der Waals surface area contributed by atoms with Crippen LogP contribution in [0.4, 0.5) is 19.3 Å². The lowest BCUT2D eigenvalue weighted by atomic mass is 9.90. The second-order valence-electron chi connectivity index (χ2n) is 18.6. The number of aromatic hydroxyl groups is 1. The molecular weight excluding hydrogens is 1140 g/mol. The van der Waals surface area contributed by atoms with E-state index in [0.29, 0.717) is 22.2 Å². The van der Waals surface area contributed by atoms with E-state index in [1.165, 1.54) is 12.1 Å². The van der Waals surface area contributed by atoms with Crippen molar-refractivity contribution in [1.82, 2.24) is 26.6 Å². The van der Waals surface area contributed by atoms with Crippen LogP contribution < -0.4 is 36.9 Å². The van der Waals surface area contributed by atoms with Gasteiger partial charge >= 0.3 is 35.9 Å². The summed E-state index contributed by atoms with van der Waals surface area (Å²) in [7, 11) is 0. The molecule has 84 heavy (non-hydrogen) atoms. The monoisotopic (exact) mass is 1190 g/mol. The van der Waals surface area contributed by atoms with Crippen molar-refractivity contribution in [2.45, 2.75) is 74.4 Å². The van der Waals surface area contributed by atoms with Crippen molar-refractivity contribution in [3.05, 3.63) is 106 Å². The maximum atomic E-state index is 14.8. The Morgan fingerprint density at radius 3 is 1.98 bits per heavy atom. The van der Waals surface area contributed by atoms with Crippen molar-refractivity contribution in [1.29, 1.82) is 0 Å². The number of carbonyl (C=O) groups is 11. The number of thioether (sulfide) groups is 1. The number of phenolic OH excluding ortho intramolecular Hbond substituents is 1. The molecule has 1 unspecified atom stereocenters. The van der Waals surface area contributed by atoms with Crippen LogP contribution in [0.1, 0.15) is 54.4 Å². The van der Waals surface area contributed by atoms with Gasteiger partial charge in [-0.05, 0) is 48.2 Å². The zero-order chi connectivity index (χ0) is 61.4. The van der Waals surface area contributed by atoms with Gasteiger partial charge in [0.15, 0.2) is 17.4 Å². The number of hydrogen-bond donors (Lipinski definition) is 11. The van der Waals surface area contributed by atoms with E-state index in [9.17, 15) is 91.8 Å². The molecule has 2 aliphatic heterocycles. The number of nitrogens with one attached hydrogen (secondary N) is 5. The first-order valence-electron chi connectivity index (χ1n) is 25.4. The Hall–Kier alpha value is -9.55. The molecule has 3 aromatic rings. The molecule has 0 radical (unpaired) electrons. The minimum atomic E-state index is -1.67. The minimum Gasteiger partial charge on any atom is -0.505 e. The molecular formula is C54H54F2N6O21S. The highest BCUT2D eigenvalue weighted by atomic mass is 32.2. The lowest BCUT2D eigenvalue weighted by molar-refractivity contribution is -0.142. The molecule has 0 bridgehead atoms. The topological polar surface area (TPSA) is 421 Å². The van der Waals surface area contributed by atoms with Crippen LogP contribution in [0.2, 0.25) is 0 Å². The standard InChI is InChI=1S/C54H54F2N6O21S/c55-32-20-30-40(22-38(32)63)83-41-23-39(64)33(56)21-31(41)47(30)28-7-6-27(19-29(28)50(72)73)62-45(67)24-42(49(62)71)84-25-37(53(78)79)59-48(70)36(18-26-4-2-1-3-5-26)58-44(66)12-14-81-16-17-82-15-13-57-43(65)10-8-34(51(74)75)60-54(80)61-35(52(76)77)9-11-46(68)69/h1-7,19-23,34-37,42,63H,8-18,24-25H2,(H,57,65)(H,58,66)(H,59,70)(H,68,69)(H,72,73)(H,74,75)(H,76,77)(H,78,79)(H2,60,61,80)/t34-,35-,36-,37-,42?/m0/s1. The number of benzene rings is 4. The molecule has 2 heterocycles. The number of anilines is 1. The van der Waals surface area contributed by atoms with E-state index in [0.717, 1.165) is 30.3 Å². The molecule has 1 saturated heterocycles. The minimum absolute atomic E-state index is 0.00255.